The second kappa shape index (κ2) is 13.0. The first-order valence-corrected chi connectivity index (χ1v) is 18.7. The molecule has 0 fully saturated rings. The molecule has 0 spiro atoms. The first-order valence-electron chi connectivity index (χ1n) is 18.7. The van der Waals surface area contributed by atoms with E-state index in [1.54, 1.807) is 0 Å². The third-order valence-electron chi connectivity index (χ3n) is 10.7. The summed E-state index contributed by atoms with van der Waals surface area (Å²) in [5.41, 5.74) is 13.2. The van der Waals surface area contributed by atoms with Crippen molar-refractivity contribution in [1.82, 2.24) is 29.1 Å². The predicted octanol–water partition coefficient (Wildman–Crippen LogP) is 12.1. The molecule has 6 nitrogen and oxygen atoms in total. The molecule has 6 heteroatoms. The van der Waals surface area contributed by atoms with Gasteiger partial charge in [0.15, 0.2) is 5.82 Å². The Balaban J connectivity index is 1.19. The van der Waals surface area contributed by atoms with Crippen molar-refractivity contribution in [1.29, 1.82) is 0 Å². The lowest BCUT2D eigenvalue weighted by Gasteiger charge is -2.16. The Morgan fingerprint density at radius 1 is 0.321 bits per heavy atom. The van der Waals surface area contributed by atoms with Crippen molar-refractivity contribution in [2.45, 2.75) is 0 Å². The maximum atomic E-state index is 5.30. The van der Waals surface area contributed by atoms with E-state index in [-0.39, 0.29) is 0 Å². The van der Waals surface area contributed by atoms with Crippen LogP contribution < -0.4 is 0 Å². The number of aromatic nitrogens is 6. The number of nitrogens with zero attached hydrogens (tertiary/aromatic N) is 6. The second-order valence-electron chi connectivity index (χ2n) is 14.0. The highest BCUT2D eigenvalue weighted by molar-refractivity contribution is 6.10. The molecule has 5 heterocycles. The molecule has 0 saturated heterocycles. The molecule has 0 radical (unpaired) electrons. The van der Waals surface area contributed by atoms with Gasteiger partial charge in [0.25, 0.3) is 0 Å². The molecule has 262 valence electrons. The van der Waals surface area contributed by atoms with Crippen molar-refractivity contribution >= 4 is 43.6 Å². The number of pyridine rings is 2. The molecule has 0 aliphatic rings. The third kappa shape index (κ3) is 5.27. The van der Waals surface area contributed by atoms with Gasteiger partial charge in [0.05, 0.1) is 45.8 Å². The fraction of sp³-hybridized carbons (Fsp3) is 0. The van der Waals surface area contributed by atoms with Crippen LogP contribution in [0.1, 0.15) is 0 Å². The van der Waals surface area contributed by atoms with E-state index in [4.69, 9.17) is 9.97 Å². The summed E-state index contributed by atoms with van der Waals surface area (Å²) in [6.45, 7) is 0. The van der Waals surface area contributed by atoms with Crippen molar-refractivity contribution < 1.29 is 0 Å². The lowest BCUT2D eigenvalue weighted by molar-refractivity contribution is 1.12. The number of hydrogen-bond donors (Lipinski definition) is 0. The molecule has 6 aromatic carbocycles. The van der Waals surface area contributed by atoms with Crippen molar-refractivity contribution in [3.63, 3.8) is 0 Å². The molecule has 11 aromatic rings. The highest BCUT2D eigenvalue weighted by Gasteiger charge is 2.19. The summed E-state index contributed by atoms with van der Waals surface area (Å²) in [7, 11) is 0. The minimum absolute atomic E-state index is 0.666. The van der Waals surface area contributed by atoms with E-state index in [0.29, 0.717) is 5.82 Å². The summed E-state index contributed by atoms with van der Waals surface area (Å²) >= 11 is 0. The van der Waals surface area contributed by atoms with Gasteiger partial charge in [-0.1, -0.05) is 121 Å². The largest absolute Gasteiger partial charge is 0.308 e. The Hall–Kier alpha value is -7.70. The number of rotatable bonds is 6. The second-order valence-corrected chi connectivity index (χ2v) is 14.0. The maximum absolute atomic E-state index is 5.30. The summed E-state index contributed by atoms with van der Waals surface area (Å²) in [6.07, 6.45) is 7.65. The van der Waals surface area contributed by atoms with E-state index in [1.807, 2.05) is 49.1 Å². The van der Waals surface area contributed by atoms with E-state index in [1.165, 1.54) is 16.3 Å². The van der Waals surface area contributed by atoms with Crippen molar-refractivity contribution in [2.75, 3.05) is 0 Å². The fourth-order valence-corrected chi connectivity index (χ4v) is 8.12. The van der Waals surface area contributed by atoms with Crippen LogP contribution in [-0.2, 0) is 0 Å². The van der Waals surface area contributed by atoms with Crippen molar-refractivity contribution in [3.05, 3.63) is 195 Å². The monoisotopic (exact) mass is 716 g/mol. The van der Waals surface area contributed by atoms with Gasteiger partial charge in [-0.05, 0) is 59.7 Å². The minimum Gasteiger partial charge on any atom is -0.308 e. The molecule has 0 bridgehead atoms. The van der Waals surface area contributed by atoms with Crippen LogP contribution in [0.15, 0.2) is 195 Å². The van der Waals surface area contributed by atoms with Gasteiger partial charge in [-0.2, -0.15) is 0 Å². The number of para-hydroxylation sites is 2. The van der Waals surface area contributed by atoms with Crippen LogP contribution in [0.2, 0.25) is 0 Å². The van der Waals surface area contributed by atoms with E-state index in [0.717, 1.165) is 77.9 Å². The quantitative estimate of drug-likeness (QED) is 0.172. The molecule has 0 saturated carbocycles. The van der Waals surface area contributed by atoms with Gasteiger partial charge < -0.3 is 9.13 Å². The summed E-state index contributed by atoms with van der Waals surface area (Å²) in [6, 6.07) is 59.5. The topological polar surface area (TPSA) is 61.4 Å². The molecule has 0 atom stereocenters. The zero-order chi connectivity index (χ0) is 37.0. The average Bonchev–Trinajstić information content (AvgIpc) is 3.80. The lowest BCUT2D eigenvalue weighted by Crippen LogP contribution is -2.02. The average molecular weight is 717 g/mol. The summed E-state index contributed by atoms with van der Waals surface area (Å²) in [4.78, 5) is 19.7. The van der Waals surface area contributed by atoms with Crippen LogP contribution in [0.5, 0.6) is 0 Å². The summed E-state index contributed by atoms with van der Waals surface area (Å²) in [5.74, 6) is 0.666. The molecule has 0 N–H and O–H groups in total. The van der Waals surface area contributed by atoms with Gasteiger partial charge in [0.2, 0.25) is 0 Å². The van der Waals surface area contributed by atoms with E-state index >= 15 is 0 Å². The third-order valence-corrected chi connectivity index (χ3v) is 10.7. The Labute approximate surface area is 322 Å². The fourth-order valence-electron chi connectivity index (χ4n) is 8.12. The van der Waals surface area contributed by atoms with Crippen LogP contribution in [0.3, 0.4) is 0 Å². The molecule has 11 rings (SSSR count). The van der Waals surface area contributed by atoms with Crippen LogP contribution in [0.25, 0.3) is 100 Å². The number of benzene rings is 6. The van der Waals surface area contributed by atoms with Gasteiger partial charge in [-0.25, -0.2) is 9.97 Å². The molecule has 0 aliphatic carbocycles. The minimum atomic E-state index is 0.666. The van der Waals surface area contributed by atoms with Crippen molar-refractivity contribution in [3.8, 4) is 56.4 Å². The van der Waals surface area contributed by atoms with Crippen LogP contribution >= 0.6 is 0 Å². The highest BCUT2D eigenvalue weighted by Crippen LogP contribution is 2.38. The van der Waals surface area contributed by atoms with E-state index in [9.17, 15) is 0 Å². The predicted molar refractivity (Wildman–Crippen MR) is 228 cm³/mol. The Kier molecular flexibility index (Phi) is 7.38. The van der Waals surface area contributed by atoms with Gasteiger partial charge in [0, 0.05) is 62.0 Å². The van der Waals surface area contributed by atoms with Gasteiger partial charge >= 0.3 is 0 Å². The van der Waals surface area contributed by atoms with Gasteiger partial charge in [-0.15, -0.1) is 0 Å². The van der Waals surface area contributed by atoms with Crippen molar-refractivity contribution in [2.24, 2.45) is 0 Å². The lowest BCUT2D eigenvalue weighted by atomic mass is 10.0. The first kappa shape index (κ1) is 31.8. The Bertz CT molecular complexity index is 3000. The molecule has 0 unspecified atom stereocenters. The van der Waals surface area contributed by atoms with Crippen LogP contribution in [0.4, 0.5) is 0 Å². The summed E-state index contributed by atoms with van der Waals surface area (Å²) in [5, 5.41) is 4.65. The smallest absolute Gasteiger partial charge is 0.160 e. The number of fused-ring (bicyclic) bond motifs is 6. The van der Waals surface area contributed by atoms with Crippen LogP contribution in [0, 0.1) is 0 Å². The van der Waals surface area contributed by atoms with Gasteiger partial charge in [0.1, 0.15) is 0 Å². The van der Waals surface area contributed by atoms with E-state index in [2.05, 4.69) is 165 Å². The molecular weight excluding hydrogens is 685 g/mol. The summed E-state index contributed by atoms with van der Waals surface area (Å²) < 4.78 is 4.64. The maximum Gasteiger partial charge on any atom is 0.160 e. The highest BCUT2D eigenvalue weighted by atomic mass is 15.0. The Morgan fingerprint density at radius 3 is 1.34 bits per heavy atom. The van der Waals surface area contributed by atoms with Crippen LogP contribution in [-0.4, -0.2) is 29.1 Å². The molecular formula is C50H32N6. The molecule has 0 amide bonds. The SMILES string of the molecule is c1ccc(-c2ccc(-c3cc(-c4cc(-n5c6ccccc6c6ccncc65)cc(-n5c6ccccc6c6ccncc65)c4)nc(-c4ccccc4)n3)cc2)cc1. The zero-order valence-corrected chi connectivity index (χ0v) is 30.2. The standard InChI is InChI=1S/C50H32N6/c1-3-11-33(12-4-1)34-19-21-35(22-20-34)44-30-45(54-50(53-44)36-13-5-2-6-14-36)37-27-38(55-46-17-9-7-15-40(46)42-23-25-51-31-48(42)55)29-39(28-37)56-47-18-10-8-16-41(47)43-24-26-52-32-49(43)56/h1-32H. The molecule has 56 heavy (non-hydrogen) atoms. The molecule has 0 aliphatic heterocycles. The van der Waals surface area contributed by atoms with E-state index < -0.39 is 0 Å². The zero-order valence-electron chi connectivity index (χ0n) is 30.2. The van der Waals surface area contributed by atoms with Gasteiger partial charge in [-0.3, -0.25) is 9.97 Å². The normalized spacial score (nSPS) is 11.6. The number of hydrogen-bond acceptors (Lipinski definition) is 4. The Morgan fingerprint density at radius 2 is 0.768 bits per heavy atom. The first-order chi connectivity index (χ1) is 27.8. The molecule has 5 aromatic heterocycles.